The van der Waals surface area contributed by atoms with E-state index >= 15 is 0 Å². The maximum Gasteiger partial charge on any atom is 0.269 e. The molecule has 0 aromatic carbocycles. The van der Waals surface area contributed by atoms with E-state index in [4.69, 9.17) is 4.43 Å². The van der Waals surface area contributed by atoms with Crippen LogP contribution in [0.1, 0.15) is 56.9 Å². The van der Waals surface area contributed by atoms with E-state index in [1.165, 1.54) is 0 Å². The Bertz CT molecular complexity index is 513. The highest BCUT2D eigenvalue weighted by molar-refractivity contribution is 9.10. The molecule has 0 radical (unpaired) electrons. The molecule has 1 aromatic rings. The fourth-order valence-corrected chi connectivity index (χ4v) is 3.25. The lowest BCUT2D eigenvalue weighted by Gasteiger charge is -2.36. The maximum absolute atomic E-state index is 11.9. The van der Waals surface area contributed by atoms with Gasteiger partial charge in [0.05, 0.1) is 0 Å². The van der Waals surface area contributed by atoms with E-state index in [1.807, 2.05) is 6.07 Å². The van der Waals surface area contributed by atoms with Crippen LogP contribution in [0.2, 0.25) is 18.1 Å². The molecule has 136 valence electrons. The lowest BCUT2D eigenvalue weighted by atomic mass is 10.2. The first-order chi connectivity index (χ1) is 11.1. The summed E-state index contributed by atoms with van der Waals surface area (Å²) in [4.78, 5) is 16.0. The quantitative estimate of drug-likeness (QED) is 0.448. The standard InChI is InChI=1S/C18H31BrN2O2Si/c1-18(2,3)24(4,5)23-13-9-7-6-8-12-20-17(22)16-11-10-15(19)14-21-16/h10-11,14H,6-9,12-13H2,1-5H3,(H,20,22). The highest BCUT2D eigenvalue weighted by Crippen LogP contribution is 2.36. The average molecular weight is 415 g/mol. The van der Waals surface area contributed by atoms with Crippen LogP contribution in [0, 0.1) is 0 Å². The molecule has 0 spiro atoms. The van der Waals surface area contributed by atoms with Gasteiger partial charge < -0.3 is 9.74 Å². The van der Waals surface area contributed by atoms with Crippen molar-refractivity contribution in [1.82, 2.24) is 10.3 Å². The number of carbonyl (C=O) groups excluding carboxylic acids is 1. The van der Waals surface area contributed by atoms with Crippen molar-refractivity contribution in [1.29, 1.82) is 0 Å². The van der Waals surface area contributed by atoms with Crippen LogP contribution in [0.4, 0.5) is 0 Å². The third-order valence-corrected chi connectivity index (χ3v) is 9.59. The maximum atomic E-state index is 11.9. The first-order valence-corrected chi connectivity index (χ1v) is 12.4. The molecule has 0 unspecified atom stereocenters. The second-order valence-electron chi connectivity index (χ2n) is 7.64. The van der Waals surface area contributed by atoms with Gasteiger partial charge in [-0.05, 0) is 59.0 Å². The topological polar surface area (TPSA) is 51.2 Å². The van der Waals surface area contributed by atoms with E-state index in [1.54, 1.807) is 12.3 Å². The number of unbranched alkanes of at least 4 members (excludes halogenated alkanes) is 3. The molecule has 1 rings (SSSR count). The number of amides is 1. The van der Waals surface area contributed by atoms with Crippen molar-refractivity contribution in [3.05, 3.63) is 28.5 Å². The normalized spacial score (nSPS) is 12.2. The van der Waals surface area contributed by atoms with Crippen molar-refractivity contribution in [2.24, 2.45) is 0 Å². The molecular formula is C18H31BrN2O2Si. The summed E-state index contributed by atoms with van der Waals surface area (Å²) in [5, 5.41) is 3.19. The Morgan fingerprint density at radius 1 is 1.21 bits per heavy atom. The predicted molar refractivity (Wildman–Crippen MR) is 106 cm³/mol. The van der Waals surface area contributed by atoms with E-state index in [9.17, 15) is 4.79 Å². The Labute approximate surface area is 156 Å². The molecule has 0 aliphatic rings. The van der Waals surface area contributed by atoms with E-state index in [0.717, 1.165) is 36.8 Å². The fourth-order valence-electron chi connectivity index (χ4n) is 1.93. The summed E-state index contributed by atoms with van der Waals surface area (Å²) in [5.74, 6) is -0.108. The Kier molecular flexibility index (Phi) is 8.60. The molecule has 0 bridgehead atoms. The minimum absolute atomic E-state index is 0.108. The molecule has 0 aliphatic heterocycles. The third kappa shape index (κ3) is 7.45. The number of carbonyl (C=O) groups is 1. The molecule has 0 saturated carbocycles. The van der Waals surface area contributed by atoms with E-state index in [2.05, 4.69) is 60.1 Å². The van der Waals surface area contributed by atoms with Crippen molar-refractivity contribution in [2.75, 3.05) is 13.2 Å². The summed E-state index contributed by atoms with van der Waals surface area (Å²) in [6, 6.07) is 3.54. The van der Waals surface area contributed by atoms with Gasteiger partial charge in [-0.1, -0.05) is 33.6 Å². The average Bonchev–Trinajstić information content (AvgIpc) is 2.49. The van der Waals surface area contributed by atoms with Crippen molar-refractivity contribution in [3.8, 4) is 0 Å². The van der Waals surface area contributed by atoms with Crippen LogP contribution >= 0.6 is 15.9 Å². The number of halogens is 1. The van der Waals surface area contributed by atoms with Gasteiger partial charge in [0, 0.05) is 23.8 Å². The summed E-state index contributed by atoms with van der Waals surface area (Å²) in [5.41, 5.74) is 0.459. The molecule has 0 atom stereocenters. The van der Waals surface area contributed by atoms with Gasteiger partial charge in [0.15, 0.2) is 8.32 Å². The second kappa shape index (κ2) is 9.68. The Morgan fingerprint density at radius 3 is 2.46 bits per heavy atom. The first kappa shape index (κ1) is 21.3. The van der Waals surface area contributed by atoms with Gasteiger partial charge in [-0.3, -0.25) is 4.79 Å². The molecular weight excluding hydrogens is 384 g/mol. The van der Waals surface area contributed by atoms with Crippen LogP contribution in [0.15, 0.2) is 22.8 Å². The van der Waals surface area contributed by atoms with Crippen molar-refractivity contribution < 1.29 is 9.22 Å². The van der Waals surface area contributed by atoms with Gasteiger partial charge in [0.1, 0.15) is 5.69 Å². The van der Waals surface area contributed by atoms with Gasteiger partial charge >= 0.3 is 0 Å². The summed E-state index contributed by atoms with van der Waals surface area (Å²) >= 11 is 3.31. The van der Waals surface area contributed by atoms with Crippen LogP contribution in [-0.4, -0.2) is 32.4 Å². The molecule has 4 nitrogen and oxygen atoms in total. The summed E-state index contributed by atoms with van der Waals surface area (Å²) < 4.78 is 7.04. The monoisotopic (exact) mass is 414 g/mol. The lowest BCUT2D eigenvalue weighted by Crippen LogP contribution is -2.40. The van der Waals surface area contributed by atoms with Crippen LogP contribution in [0.25, 0.3) is 0 Å². The number of hydrogen-bond donors (Lipinski definition) is 1. The number of rotatable bonds is 9. The Morgan fingerprint density at radius 2 is 1.88 bits per heavy atom. The lowest BCUT2D eigenvalue weighted by molar-refractivity contribution is 0.0948. The van der Waals surface area contributed by atoms with Crippen LogP contribution in [0.5, 0.6) is 0 Å². The molecule has 0 fully saturated rings. The van der Waals surface area contributed by atoms with E-state index in [-0.39, 0.29) is 10.9 Å². The minimum Gasteiger partial charge on any atom is -0.417 e. The fraction of sp³-hybridized carbons (Fsp3) is 0.667. The Balaban J connectivity index is 2.09. The van der Waals surface area contributed by atoms with Crippen LogP contribution in [-0.2, 0) is 4.43 Å². The summed E-state index contributed by atoms with van der Waals surface area (Å²) in [6.07, 6.45) is 5.96. The molecule has 0 aliphatic carbocycles. The summed E-state index contributed by atoms with van der Waals surface area (Å²) in [7, 11) is -1.60. The van der Waals surface area contributed by atoms with Gasteiger partial charge in [-0.25, -0.2) is 4.98 Å². The smallest absolute Gasteiger partial charge is 0.269 e. The zero-order valence-corrected chi connectivity index (χ0v) is 18.2. The number of pyridine rings is 1. The summed E-state index contributed by atoms with van der Waals surface area (Å²) in [6.45, 7) is 12.9. The molecule has 1 heterocycles. The van der Waals surface area contributed by atoms with Gasteiger partial charge in [-0.15, -0.1) is 0 Å². The molecule has 24 heavy (non-hydrogen) atoms. The van der Waals surface area contributed by atoms with Crippen LogP contribution < -0.4 is 5.32 Å². The molecule has 1 amide bonds. The molecule has 0 saturated heterocycles. The Hall–Kier alpha value is -0.723. The number of aromatic nitrogens is 1. The molecule has 1 aromatic heterocycles. The largest absolute Gasteiger partial charge is 0.417 e. The van der Waals surface area contributed by atoms with Crippen LogP contribution in [0.3, 0.4) is 0 Å². The van der Waals surface area contributed by atoms with E-state index < -0.39 is 8.32 Å². The van der Waals surface area contributed by atoms with E-state index in [0.29, 0.717) is 12.2 Å². The van der Waals surface area contributed by atoms with Gasteiger partial charge in [0.2, 0.25) is 0 Å². The second-order valence-corrected chi connectivity index (χ2v) is 13.4. The first-order valence-electron chi connectivity index (χ1n) is 8.67. The predicted octanol–water partition coefficient (Wildman–Crippen LogP) is 5.16. The minimum atomic E-state index is -1.60. The zero-order valence-electron chi connectivity index (χ0n) is 15.6. The van der Waals surface area contributed by atoms with Gasteiger partial charge in [0.25, 0.3) is 5.91 Å². The third-order valence-electron chi connectivity index (χ3n) is 4.59. The number of nitrogens with zero attached hydrogens (tertiary/aromatic N) is 1. The SMILES string of the molecule is CC(C)(C)[Si](C)(C)OCCCCCCNC(=O)c1ccc(Br)cn1. The molecule has 6 heteroatoms. The zero-order chi connectivity index (χ0) is 18.2. The highest BCUT2D eigenvalue weighted by Gasteiger charge is 2.36. The van der Waals surface area contributed by atoms with Crippen molar-refractivity contribution >= 4 is 30.2 Å². The highest BCUT2D eigenvalue weighted by atomic mass is 79.9. The van der Waals surface area contributed by atoms with Crippen molar-refractivity contribution in [2.45, 2.75) is 64.6 Å². The number of nitrogens with one attached hydrogen (secondary N) is 1. The molecule has 1 N–H and O–H groups in total. The number of hydrogen-bond acceptors (Lipinski definition) is 3. The van der Waals surface area contributed by atoms with Gasteiger partial charge in [-0.2, -0.15) is 0 Å². The van der Waals surface area contributed by atoms with Crippen molar-refractivity contribution in [3.63, 3.8) is 0 Å².